The lowest BCUT2D eigenvalue weighted by Gasteiger charge is -2.31. The summed E-state index contributed by atoms with van der Waals surface area (Å²) in [6.45, 7) is 5.07. The number of nitrogens with zero attached hydrogens (tertiary/aromatic N) is 1. The largest absolute Gasteiger partial charge is 0.382 e. The Morgan fingerprint density at radius 1 is 1.28 bits per heavy atom. The minimum Gasteiger partial charge on any atom is -0.382 e. The number of nitrogens with one attached hydrogen (secondary N) is 2. The molecular weight excluding hydrogens is 342 g/mol. The van der Waals surface area contributed by atoms with Crippen LogP contribution in [0, 0.1) is 5.92 Å². The van der Waals surface area contributed by atoms with Crippen LogP contribution < -0.4 is 10.6 Å². The van der Waals surface area contributed by atoms with Crippen LogP contribution in [0.2, 0.25) is 5.02 Å². The number of halogens is 1. The number of amides is 3. The molecule has 0 radical (unpaired) electrons. The highest BCUT2D eigenvalue weighted by Crippen LogP contribution is 2.22. The molecule has 1 aliphatic rings. The maximum atomic E-state index is 12.3. The van der Waals surface area contributed by atoms with Gasteiger partial charge in [0.05, 0.1) is 10.7 Å². The zero-order valence-corrected chi connectivity index (χ0v) is 15.3. The first-order valence-electron chi connectivity index (χ1n) is 8.77. The lowest BCUT2D eigenvalue weighted by atomic mass is 9.96. The van der Waals surface area contributed by atoms with Crippen LogP contribution in [0.4, 0.5) is 10.5 Å². The smallest absolute Gasteiger partial charge is 0.321 e. The molecule has 2 N–H and O–H groups in total. The molecule has 7 heteroatoms. The van der Waals surface area contributed by atoms with Gasteiger partial charge in [-0.25, -0.2) is 4.79 Å². The van der Waals surface area contributed by atoms with Crippen molar-refractivity contribution in [1.82, 2.24) is 10.2 Å². The highest BCUT2D eigenvalue weighted by atomic mass is 35.5. The first-order chi connectivity index (χ1) is 12.1. The molecule has 0 atom stereocenters. The number of piperidine rings is 1. The minimum atomic E-state index is -0.177. The average Bonchev–Trinajstić information content (AvgIpc) is 2.63. The van der Waals surface area contributed by atoms with Crippen molar-refractivity contribution in [2.75, 3.05) is 38.2 Å². The van der Waals surface area contributed by atoms with Crippen molar-refractivity contribution in [3.63, 3.8) is 0 Å². The molecule has 1 fully saturated rings. The second kappa shape index (κ2) is 10.3. The molecule has 25 heavy (non-hydrogen) atoms. The molecule has 1 heterocycles. The van der Waals surface area contributed by atoms with Gasteiger partial charge >= 0.3 is 6.03 Å². The number of urea groups is 1. The zero-order valence-electron chi connectivity index (χ0n) is 14.6. The molecule has 0 aromatic heterocycles. The first kappa shape index (κ1) is 19.5. The van der Waals surface area contributed by atoms with Crippen molar-refractivity contribution < 1.29 is 14.3 Å². The van der Waals surface area contributed by atoms with E-state index in [0.717, 1.165) is 6.42 Å². The van der Waals surface area contributed by atoms with E-state index in [1.807, 2.05) is 19.1 Å². The molecule has 6 nitrogen and oxygen atoms in total. The van der Waals surface area contributed by atoms with Crippen LogP contribution in [0.3, 0.4) is 0 Å². The van der Waals surface area contributed by atoms with Crippen molar-refractivity contribution in [2.45, 2.75) is 26.2 Å². The average molecular weight is 368 g/mol. The fourth-order valence-electron chi connectivity index (χ4n) is 2.78. The molecule has 0 aliphatic carbocycles. The SMILES string of the molecule is CCOCCCNC(=O)C1CCN(C(=O)Nc2ccccc2Cl)CC1. The standard InChI is InChI=1S/C18H26ClN3O3/c1-2-25-13-5-10-20-17(23)14-8-11-22(12-9-14)18(24)21-16-7-4-3-6-15(16)19/h3-4,6-7,14H,2,5,8-13H2,1H3,(H,20,23)(H,21,24). The van der Waals surface area contributed by atoms with Gasteiger partial charge < -0.3 is 20.3 Å². The van der Waals surface area contributed by atoms with Crippen LogP contribution in [0.15, 0.2) is 24.3 Å². The summed E-state index contributed by atoms with van der Waals surface area (Å²) in [6, 6.07) is 6.96. The van der Waals surface area contributed by atoms with Crippen LogP contribution >= 0.6 is 11.6 Å². The molecule has 1 aromatic carbocycles. The molecule has 0 spiro atoms. The molecule has 3 amide bonds. The summed E-state index contributed by atoms with van der Waals surface area (Å²) in [7, 11) is 0. The normalized spacial score (nSPS) is 15.0. The van der Waals surface area contributed by atoms with E-state index >= 15 is 0 Å². The Morgan fingerprint density at radius 2 is 2.00 bits per heavy atom. The molecule has 1 aromatic rings. The first-order valence-corrected chi connectivity index (χ1v) is 9.15. The van der Waals surface area contributed by atoms with E-state index in [4.69, 9.17) is 16.3 Å². The van der Waals surface area contributed by atoms with Crippen LogP contribution in [0.1, 0.15) is 26.2 Å². The number of hydrogen-bond donors (Lipinski definition) is 2. The quantitative estimate of drug-likeness (QED) is 0.727. The summed E-state index contributed by atoms with van der Waals surface area (Å²) in [4.78, 5) is 26.2. The molecule has 0 unspecified atom stereocenters. The van der Waals surface area contributed by atoms with E-state index in [-0.39, 0.29) is 17.9 Å². The second-order valence-electron chi connectivity index (χ2n) is 6.01. The summed E-state index contributed by atoms with van der Waals surface area (Å²) >= 11 is 6.06. The van der Waals surface area contributed by atoms with E-state index in [1.54, 1.807) is 17.0 Å². The van der Waals surface area contributed by atoms with E-state index < -0.39 is 0 Å². The van der Waals surface area contributed by atoms with Crippen LogP contribution in [-0.2, 0) is 9.53 Å². The fraction of sp³-hybridized carbons (Fsp3) is 0.556. The van der Waals surface area contributed by atoms with Gasteiger partial charge in [0.15, 0.2) is 0 Å². The molecule has 1 saturated heterocycles. The summed E-state index contributed by atoms with van der Waals surface area (Å²) < 4.78 is 5.25. The number of para-hydroxylation sites is 1. The number of rotatable bonds is 7. The van der Waals surface area contributed by atoms with Gasteiger partial charge in [0, 0.05) is 38.8 Å². The monoisotopic (exact) mass is 367 g/mol. The third kappa shape index (κ3) is 6.21. The maximum absolute atomic E-state index is 12.3. The Morgan fingerprint density at radius 3 is 2.68 bits per heavy atom. The van der Waals surface area contributed by atoms with Crippen molar-refractivity contribution >= 4 is 29.2 Å². The molecular formula is C18H26ClN3O3. The van der Waals surface area contributed by atoms with Crippen LogP contribution in [0.5, 0.6) is 0 Å². The predicted octanol–water partition coefficient (Wildman–Crippen LogP) is 3.13. The van der Waals surface area contributed by atoms with Crippen molar-refractivity contribution in [3.8, 4) is 0 Å². The third-order valence-corrected chi connectivity index (χ3v) is 4.57. The van der Waals surface area contributed by atoms with E-state index in [1.165, 1.54) is 0 Å². The zero-order chi connectivity index (χ0) is 18.1. The lowest BCUT2D eigenvalue weighted by molar-refractivity contribution is -0.126. The fourth-order valence-corrected chi connectivity index (χ4v) is 2.96. The number of benzene rings is 1. The van der Waals surface area contributed by atoms with Gasteiger partial charge in [-0.2, -0.15) is 0 Å². The van der Waals surface area contributed by atoms with Gasteiger partial charge in [-0.05, 0) is 38.3 Å². The summed E-state index contributed by atoms with van der Waals surface area (Å²) in [6.07, 6.45) is 2.17. The summed E-state index contributed by atoms with van der Waals surface area (Å²) in [5.41, 5.74) is 0.600. The topological polar surface area (TPSA) is 70.7 Å². The molecule has 2 rings (SSSR count). The summed E-state index contributed by atoms with van der Waals surface area (Å²) in [5.74, 6) is 0.0408. The third-order valence-electron chi connectivity index (χ3n) is 4.24. The van der Waals surface area contributed by atoms with Gasteiger partial charge in [0.2, 0.25) is 5.91 Å². The highest BCUT2D eigenvalue weighted by Gasteiger charge is 2.27. The van der Waals surface area contributed by atoms with Crippen LogP contribution in [-0.4, -0.2) is 49.7 Å². The van der Waals surface area contributed by atoms with Gasteiger partial charge in [-0.3, -0.25) is 4.79 Å². The minimum absolute atomic E-state index is 0.0311. The number of ether oxygens (including phenoxy) is 1. The number of likely N-dealkylation sites (tertiary alicyclic amines) is 1. The number of anilines is 1. The van der Waals surface area contributed by atoms with Gasteiger partial charge in [0.25, 0.3) is 0 Å². The number of hydrogen-bond acceptors (Lipinski definition) is 3. The van der Waals surface area contributed by atoms with E-state index in [2.05, 4.69) is 10.6 Å². The Kier molecular flexibility index (Phi) is 8.01. The van der Waals surface area contributed by atoms with Crippen molar-refractivity contribution in [1.29, 1.82) is 0 Å². The predicted molar refractivity (Wildman–Crippen MR) is 98.9 cm³/mol. The Hall–Kier alpha value is -1.79. The summed E-state index contributed by atoms with van der Waals surface area (Å²) in [5, 5.41) is 6.28. The van der Waals surface area contributed by atoms with E-state index in [9.17, 15) is 9.59 Å². The molecule has 138 valence electrons. The Bertz CT molecular complexity index is 574. The molecule has 1 aliphatic heterocycles. The lowest BCUT2D eigenvalue weighted by Crippen LogP contribution is -2.44. The van der Waals surface area contributed by atoms with Gasteiger partial charge in [-0.1, -0.05) is 23.7 Å². The maximum Gasteiger partial charge on any atom is 0.321 e. The Balaban J connectivity index is 1.71. The van der Waals surface area contributed by atoms with Gasteiger partial charge in [0.1, 0.15) is 0 Å². The van der Waals surface area contributed by atoms with Crippen molar-refractivity contribution in [3.05, 3.63) is 29.3 Å². The Labute approximate surface area is 153 Å². The highest BCUT2D eigenvalue weighted by molar-refractivity contribution is 6.33. The van der Waals surface area contributed by atoms with Gasteiger partial charge in [-0.15, -0.1) is 0 Å². The second-order valence-corrected chi connectivity index (χ2v) is 6.42. The molecule has 0 saturated carbocycles. The number of carbonyl (C=O) groups is 2. The molecule has 0 bridgehead atoms. The van der Waals surface area contributed by atoms with Crippen LogP contribution in [0.25, 0.3) is 0 Å². The van der Waals surface area contributed by atoms with E-state index in [0.29, 0.717) is 56.4 Å². The number of carbonyl (C=O) groups excluding carboxylic acids is 2. The van der Waals surface area contributed by atoms with Crippen molar-refractivity contribution in [2.24, 2.45) is 5.92 Å².